The van der Waals surface area contributed by atoms with Crippen LogP contribution in [0.3, 0.4) is 0 Å². The monoisotopic (exact) mass is 657 g/mol. The molecule has 2 aliphatic carbocycles. The average Bonchev–Trinajstić information content (AvgIpc) is 2.98. The van der Waals surface area contributed by atoms with Gasteiger partial charge in [-0.15, -0.1) is 21.8 Å². The molecule has 0 spiro atoms. The second-order valence-corrected chi connectivity index (χ2v) is 16.8. The van der Waals surface area contributed by atoms with Crippen LogP contribution in [-0.2, 0) is 4.79 Å². The molecule has 2 bridgehead atoms. The van der Waals surface area contributed by atoms with Crippen molar-refractivity contribution >= 4 is 21.9 Å². The number of nitrogens with zero attached hydrogens (tertiary/aromatic N) is 1. The molecule has 5 unspecified atom stereocenters. The van der Waals surface area contributed by atoms with Gasteiger partial charge in [0.2, 0.25) is 5.91 Å². The van der Waals surface area contributed by atoms with Crippen molar-refractivity contribution < 1.29 is 14.5 Å². The predicted octanol–water partition coefficient (Wildman–Crippen LogP) is 11.9. The third-order valence-corrected chi connectivity index (χ3v) is 9.38. The number of hydrogen-bond donors (Lipinski definition) is 3. The number of amides is 1. The van der Waals surface area contributed by atoms with Gasteiger partial charge in [0, 0.05) is 16.9 Å². The highest BCUT2D eigenvalue weighted by molar-refractivity contribution is 8.28. The van der Waals surface area contributed by atoms with E-state index in [9.17, 15) is 14.3 Å². The summed E-state index contributed by atoms with van der Waals surface area (Å²) in [5.41, 5.74) is 5.96. The van der Waals surface area contributed by atoms with Gasteiger partial charge >= 0.3 is 0 Å². The maximum absolute atomic E-state index is 11.5. The van der Waals surface area contributed by atoms with Crippen molar-refractivity contribution in [1.82, 2.24) is 0 Å². The lowest BCUT2D eigenvalue weighted by Crippen LogP contribution is -2.46. The van der Waals surface area contributed by atoms with E-state index in [1.165, 1.54) is 19.3 Å². The Balaban J connectivity index is -0.000000250. The molecule has 0 radical (unpaired) electrons. The quantitative estimate of drug-likeness (QED) is 0.221. The van der Waals surface area contributed by atoms with E-state index in [4.69, 9.17) is 10.8 Å². The van der Waals surface area contributed by atoms with E-state index in [-0.39, 0.29) is 17.9 Å². The van der Waals surface area contributed by atoms with Crippen molar-refractivity contribution in [2.45, 2.75) is 134 Å². The fraction of sp³-hybridized carbons (Fsp3) is 0.763. The minimum absolute atomic E-state index is 0.0843. The number of rotatable bonds is 4. The highest BCUT2D eigenvalue weighted by Crippen LogP contribution is 2.52. The van der Waals surface area contributed by atoms with Crippen molar-refractivity contribution in [2.24, 2.45) is 51.3 Å². The Morgan fingerprint density at radius 2 is 1.51 bits per heavy atom. The molecule has 0 aliphatic heterocycles. The predicted molar refractivity (Wildman–Crippen MR) is 204 cm³/mol. The molecule has 5 atom stereocenters. The number of carbonyl (C=O) groups is 1. The minimum atomic E-state index is -1.84. The summed E-state index contributed by atoms with van der Waals surface area (Å²) in [7, 11) is -1.84. The van der Waals surface area contributed by atoms with E-state index >= 15 is 0 Å². The summed E-state index contributed by atoms with van der Waals surface area (Å²) in [6, 6.07) is 6.85. The van der Waals surface area contributed by atoms with E-state index in [0.717, 1.165) is 42.4 Å². The van der Waals surface area contributed by atoms with E-state index in [2.05, 4.69) is 74.1 Å². The number of primary amides is 1. The van der Waals surface area contributed by atoms with Crippen LogP contribution in [-0.4, -0.2) is 34.7 Å². The highest BCUT2D eigenvalue weighted by Gasteiger charge is 2.46. The second-order valence-electron chi connectivity index (χ2n) is 13.8. The number of carbonyl (C=O) groups excluding carboxylic acids is 1. The van der Waals surface area contributed by atoms with Crippen molar-refractivity contribution in [1.29, 1.82) is 0 Å². The van der Waals surface area contributed by atoms with Gasteiger partial charge in [0.05, 0.1) is 0 Å². The largest absolute Gasteiger partial charge is 0.397 e. The molecule has 7 heteroatoms. The number of nitroso groups, excluding NO2 is 1. The van der Waals surface area contributed by atoms with Gasteiger partial charge in [-0.05, 0) is 97.4 Å². The molecule has 3 rings (SSSR count). The first kappa shape index (κ1) is 50.2. The molecule has 0 aromatic heterocycles. The van der Waals surface area contributed by atoms with E-state index < -0.39 is 10.3 Å². The number of fused-ring (bicyclic) bond motifs is 2. The normalized spacial score (nSPS) is 23.3. The Kier molecular flexibility index (Phi) is 29.4. The minimum Gasteiger partial charge on any atom is -0.397 e. The van der Waals surface area contributed by atoms with Gasteiger partial charge in [0.15, 0.2) is 0 Å². The summed E-state index contributed by atoms with van der Waals surface area (Å²) < 4.78 is 9.69. The zero-order chi connectivity index (χ0) is 36.6. The Labute approximate surface area is 281 Å². The van der Waals surface area contributed by atoms with Gasteiger partial charge in [0.1, 0.15) is 5.69 Å². The van der Waals surface area contributed by atoms with Gasteiger partial charge in [-0.1, -0.05) is 115 Å². The summed E-state index contributed by atoms with van der Waals surface area (Å²) in [5.74, 6) is 3.86. The SMILES string of the molecule is C=CC(C)(C)C.CC.CC.CC1CC2CC(CC(C)(C(N)=O)C2)C1C.CCC(C)C.CCO.CS(C)(O)c1ccccc1N=O. The van der Waals surface area contributed by atoms with Crippen LogP contribution in [0.1, 0.15) is 129 Å². The van der Waals surface area contributed by atoms with Crippen molar-refractivity contribution in [3.8, 4) is 0 Å². The molecule has 4 N–H and O–H groups in total. The Morgan fingerprint density at radius 3 is 1.82 bits per heavy atom. The number of nitrogens with two attached hydrogens (primary N) is 1. The van der Waals surface area contributed by atoms with Gasteiger partial charge < -0.3 is 15.4 Å². The summed E-state index contributed by atoms with van der Waals surface area (Å²) >= 11 is 0. The Morgan fingerprint density at radius 1 is 1.09 bits per heavy atom. The first-order valence-corrected chi connectivity index (χ1v) is 19.6. The van der Waals surface area contributed by atoms with Crippen molar-refractivity contribution in [3.63, 3.8) is 0 Å². The molecular formula is C38H76N2O4S. The summed E-state index contributed by atoms with van der Waals surface area (Å²) in [6.07, 6.45) is 11.3. The van der Waals surface area contributed by atoms with Crippen LogP contribution < -0.4 is 5.73 Å². The number of aliphatic hydroxyl groups is 1. The van der Waals surface area contributed by atoms with Crippen LogP contribution in [0.4, 0.5) is 5.69 Å². The molecule has 6 nitrogen and oxygen atoms in total. The summed E-state index contributed by atoms with van der Waals surface area (Å²) in [4.78, 5) is 22.5. The van der Waals surface area contributed by atoms with Crippen LogP contribution >= 0.6 is 10.3 Å². The molecule has 0 heterocycles. The number of benzene rings is 1. The lowest BCUT2D eigenvalue weighted by Gasteiger charge is -2.49. The number of allylic oxidation sites excluding steroid dienone is 1. The zero-order valence-electron chi connectivity index (χ0n) is 32.4. The average molecular weight is 657 g/mol. The van der Waals surface area contributed by atoms with Crippen LogP contribution in [0, 0.1) is 45.3 Å². The van der Waals surface area contributed by atoms with Gasteiger partial charge in [-0.25, -0.2) is 0 Å². The van der Waals surface area contributed by atoms with Crippen LogP contribution in [0.25, 0.3) is 0 Å². The van der Waals surface area contributed by atoms with E-state index in [1.54, 1.807) is 43.7 Å². The van der Waals surface area contributed by atoms with Crippen LogP contribution in [0.2, 0.25) is 0 Å². The van der Waals surface area contributed by atoms with Gasteiger partial charge in [0.25, 0.3) is 0 Å². The van der Waals surface area contributed by atoms with Crippen LogP contribution in [0.5, 0.6) is 0 Å². The van der Waals surface area contributed by atoms with Crippen molar-refractivity contribution in [2.75, 3.05) is 19.1 Å². The third-order valence-electron chi connectivity index (χ3n) is 7.96. The molecule has 2 saturated carbocycles. The molecular weight excluding hydrogens is 580 g/mol. The number of hydrogen-bond acceptors (Lipinski definition) is 5. The van der Waals surface area contributed by atoms with E-state index in [1.807, 2.05) is 33.8 Å². The summed E-state index contributed by atoms with van der Waals surface area (Å²) in [6.45, 7) is 33.4. The van der Waals surface area contributed by atoms with E-state index in [0.29, 0.717) is 16.0 Å². The Bertz CT molecular complexity index is 890. The molecule has 0 saturated heterocycles. The molecule has 45 heavy (non-hydrogen) atoms. The van der Waals surface area contributed by atoms with Crippen LogP contribution in [0.15, 0.2) is 47.0 Å². The smallest absolute Gasteiger partial charge is 0.223 e. The lowest BCUT2D eigenvalue weighted by atomic mass is 9.56. The Hall–Kier alpha value is -1.70. The maximum atomic E-state index is 11.5. The topological polar surface area (TPSA) is 113 Å². The molecule has 1 aromatic carbocycles. The molecule has 268 valence electrons. The van der Waals surface area contributed by atoms with Crippen molar-refractivity contribution in [3.05, 3.63) is 41.8 Å². The molecule has 1 aromatic rings. The highest BCUT2D eigenvalue weighted by atomic mass is 32.3. The lowest BCUT2D eigenvalue weighted by molar-refractivity contribution is -0.133. The first-order chi connectivity index (χ1) is 20.7. The third kappa shape index (κ3) is 23.3. The second kappa shape index (κ2) is 26.4. The van der Waals surface area contributed by atoms with Gasteiger partial charge in [-0.2, -0.15) is 0 Å². The maximum Gasteiger partial charge on any atom is 0.223 e. The molecule has 2 aliphatic rings. The first-order valence-electron chi connectivity index (χ1n) is 17.1. The fourth-order valence-corrected chi connectivity index (χ4v) is 5.86. The molecule has 1 amide bonds. The molecule has 2 fully saturated rings. The standard InChI is InChI=1S/C13H23NO.C8H11NO2S.C6H12.C5H12.C2H6O.2C2H6/c1-8-4-10-5-11(9(8)2)7-13(3,6-10)12(14)15;1-12(2,11)8-6-4-3-5-7(8)9-10;1-5-6(2,3)4;1-4-5(2)3;1-2-3;2*1-2/h8-11H,4-7H2,1-3H3,(H2,14,15);3-6,11H,1-2H3;5H,1H2,2-4H3;5H,4H2,1-3H3;3H,2H2,1H3;2*1-2H3. The zero-order valence-corrected chi connectivity index (χ0v) is 33.2. The summed E-state index contributed by atoms with van der Waals surface area (Å²) in [5, 5.41) is 10.4. The number of aliphatic hydroxyl groups excluding tert-OH is 1. The van der Waals surface area contributed by atoms with Gasteiger partial charge in [-0.3, -0.25) is 4.79 Å². The fourth-order valence-electron chi connectivity index (χ4n) is 4.84.